The highest BCUT2D eigenvalue weighted by Crippen LogP contribution is 2.27. The first-order valence-corrected chi connectivity index (χ1v) is 7.25. The van der Waals surface area contributed by atoms with Gasteiger partial charge in [-0.2, -0.15) is 10.2 Å². The van der Waals surface area contributed by atoms with Gasteiger partial charge in [0.2, 0.25) is 5.89 Å². The Balaban J connectivity index is 1.59. The topological polar surface area (TPSA) is 76.6 Å². The zero-order valence-electron chi connectivity index (χ0n) is 12.3. The van der Waals surface area contributed by atoms with E-state index >= 15 is 0 Å². The molecular formula is C15H15N5O3. The van der Waals surface area contributed by atoms with Crippen molar-refractivity contribution in [2.45, 2.75) is 6.04 Å². The van der Waals surface area contributed by atoms with E-state index < -0.39 is 0 Å². The van der Waals surface area contributed by atoms with Gasteiger partial charge in [-0.25, -0.2) is 14.5 Å². The predicted molar refractivity (Wildman–Crippen MR) is 80.7 cm³/mol. The lowest BCUT2D eigenvalue weighted by atomic mass is 10.2. The zero-order valence-corrected chi connectivity index (χ0v) is 12.3. The maximum Gasteiger partial charge on any atom is 0.345 e. The fourth-order valence-electron chi connectivity index (χ4n) is 2.76. The van der Waals surface area contributed by atoms with Crippen LogP contribution in [0.4, 0.5) is 4.79 Å². The number of nitrogens with zero attached hydrogens (tertiary/aromatic N) is 5. The Kier molecular flexibility index (Phi) is 3.23. The molecule has 2 amide bonds. The summed E-state index contributed by atoms with van der Waals surface area (Å²) in [4.78, 5) is 23.5. The smallest absolute Gasteiger partial charge is 0.345 e. The Bertz CT molecular complexity index is 764. The summed E-state index contributed by atoms with van der Waals surface area (Å²) in [6.07, 6.45) is 8.53. The van der Waals surface area contributed by atoms with E-state index in [1.54, 1.807) is 21.9 Å². The molecule has 2 aliphatic rings. The highest BCUT2D eigenvalue weighted by atomic mass is 16.7. The largest absolute Gasteiger partial charge is 0.443 e. The maximum absolute atomic E-state index is 12.3. The van der Waals surface area contributed by atoms with E-state index in [-0.39, 0.29) is 12.1 Å². The zero-order chi connectivity index (χ0) is 15.8. The molecule has 4 heterocycles. The van der Waals surface area contributed by atoms with Crippen LogP contribution in [-0.2, 0) is 4.84 Å². The van der Waals surface area contributed by atoms with Crippen molar-refractivity contribution in [2.75, 3.05) is 19.7 Å². The summed E-state index contributed by atoms with van der Waals surface area (Å²) >= 11 is 0. The van der Waals surface area contributed by atoms with Gasteiger partial charge in [0.05, 0.1) is 31.1 Å². The molecule has 2 bridgehead atoms. The second-order valence-corrected chi connectivity index (χ2v) is 5.28. The van der Waals surface area contributed by atoms with Crippen molar-refractivity contribution >= 4 is 11.7 Å². The lowest BCUT2D eigenvalue weighted by Crippen LogP contribution is -2.33. The minimum atomic E-state index is -0.136. The standard InChI is InChI=1S/C15H15N5O3/c1-2-6-23-20-12-8-11(9-18(10-12)15(20)21)19-5-3-13(17-19)14-16-4-7-22-14/h2-5,7-8,12H,1,6,9-10H2. The number of carbonyl (C=O) groups is 1. The fourth-order valence-corrected chi connectivity index (χ4v) is 2.76. The summed E-state index contributed by atoms with van der Waals surface area (Å²) in [6.45, 7) is 5.00. The van der Waals surface area contributed by atoms with E-state index in [9.17, 15) is 4.79 Å². The molecule has 2 aromatic heterocycles. The predicted octanol–water partition coefficient (Wildman–Crippen LogP) is 1.62. The number of hydrogen-bond donors (Lipinski definition) is 0. The average Bonchev–Trinajstić information content (AvgIpc) is 3.28. The van der Waals surface area contributed by atoms with E-state index in [1.165, 1.54) is 11.3 Å². The van der Waals surface area contributed by atoms with E-state index in [1.807, 2.05) is 18.3 Å². The van der Waals surface area contributed by atoms with Crippen LogP contribution in [0.15, 0.2) is 47.9 Å². The number of oxazole rings is 1. The SMILES string of the molecule is C=CCON1C(=O)N2CC(n3ccc(-c4ncco4)n3)=CC1C2. The van der Waals surface area contributed by atoms with Gasteiger partial charge in [0.15, 0.2) is 0 Å². The molecule has 0 saturated carbocycles. The molecule has 0 radical (unpaired) electrons. The van der Waals surface area contributed by atoms with Crippen LogP contribution >= 0.6 is 0 Å². The van der Waals surface area contributed by atoms with Crippen LogP contribution in [0.3, 0.4) is 0 Å². The summed E-state index contributed by atoms with van der Waals surface area (Å²) in [5.41, 5.74) is 1.56. The average molecular weight is 313 g/mol. The molecule has 1 atom stereocenters. The van der Waals surface area contributed by atoms with Crippen molar-refractivity contribution < 1.29 is 14.0 Å². The third kappa shape index (κ3) is 2.33. The summed E-state index contributed by atoms with van der Waals surface area (Å²) in [5, 5.41) is 5.86. The number of rotatable bonds is 5. The molecule has 0 spiro atoms. The van der Waals surface area contributed by atoms with Crippen LogP contribution < -0.4 is 0 Å². The molecule has 1 fully saturated rings. The monoisotopic (exact) mass is 313 g/mol. The number of amides is 2. The quantitative estimate of drug-likeness (QED) is 0.784. The van der Waals surface area contributed by atoms with E-state index in [0.717, 1.165) is 5.70 Å². The summed E-state index contributed by atoms with van der Waals surface area (Å²) in [6, 6.07) is 1.57. The molecule has 118 valence electrons. The fraction of sp³-hybridized carbons (Fsp3) is 0.267. The van der Waals surface area contributed by atoms with Crippen LogP contribution in [0, 0.1) is 0 Å². The molecule has 2 aromatic rings. The minimum absolute atomic E-state index is 0.124. The molecule has 0 aliphatic carbocycles. The number of carbonyl (C=O) groups excluding carboxylic acids is 1. The van der Waals surface area contributed by atoms with Crippen molar-refractivity contribution in [3.05, 3.63) is 43.5 Å². The van der Waals surface area contributed by atoms with Crippen LogP contribution in [0.1, 0.15) is 0 Å². The number of hydroxylamine groups is 2. The van der Waals surface area contributed by atoms with Gasteiger partial charge < -0.3 is 9.32 Å². The summed E-state index contributed by atoms with van der Waals surface area (Å²) in [5.74, 6) is 0.468. The third-order valence-electron chi connectivity index (χ3n) is 3.77. The molecule has 1 unspecified atom stereocenters. The number of hydrogen-bond acceptors (Lipinski definition) is 5. The normalized spacial score (nSPS) is 20.1. The van der Waals surface area contributed by atoms with Crippen LogP contribution in [0.2, 0.25) is 0 Å². The van der Waals surface area contributed by atoms with Gasteiger partial charge in [0, 0.05) is 12.7 Å². The Morgan fingerprint density at radius 2 is 2.43 bits per heavy atom. The third-order valence-corrected chi connectivity index (χ3v) is 3.77. The molecule has 2 aliphatic heterocycles. The van der Waals surface area contributed by atoms with Crippen molar-refractivity contribution in [3.63, 3.8) is 0 Å². The minimum Gasteiger partial charge on any atom is -0.443 e. The second-order valence-electron chi connectivity index (χ2n) is 5.28. The van der Waals surface area contributed by atoms with Crippen LogP contribution in [0.5, 0.6) is 0 Å². The van der Waals surface area contributed by atoms with Crippen LogP contribution in [-0.4, -0.2) is 56.5 Å². The van der Waals surface area contributed by atoms with Gasteiger partial charge in [0.1, 0.15) is 12.0 Å². The molecule has 23 heavy (non-hydrogen) atoms. The molecule has 0 N–H and O–H groups in total. The van der Waals surface area contributed by atoms with E-state index in [0.29, 0.717) is 31.3 Å². The van der Waals surface area contributed by atoms with E-state index in [4.69, 9.17) is 9.25 Å². The van der Waals surface area contributed by atoms with Crippen molar-refractivity contribution in [3.8, 4) is 11.6 Å². The molecule has 4 rings (SSSR count). The molecule has 0 aromatic carbocycles. The van der Waals surface area contributed by atoms with Gasteiger partial charge in [-0.1, -0.05) is 6.08 Å². The Labute approximate surface area is 132 Å². The van der Waals surface area contributed by atoms with Gasteiger partial charge >= 0.3 is 6.03 Å². The van der Waals surface area contributed by atoms with Gasteiger partial charge in [0.25, 0.3) is 0 Å². The first kappa shape index (κ1) is 13.8. The van der Waals surface area contributed by atoms with Crippen molar-refractivity contribution in [2.24, 2.45) is 0 Å². The molecule has 8 heteroatoms. The summed E-state index contributed by atoms with van der Waals surface area (Å²) < 4.78 is 6.98. The number of fused-ring (bicyclic) bond motifs is 2. The molecule has 8 nitrogen and oxygen atoms in total. The molecule has 1 saturated heterocycles. The van der Waals surface area contributed by atoms with E-state index in [2.05, 4.69) is 16.7 Å². The van der Waals surface area contributed by atoms with Crippen LogP contribution in [0.25, 0.3) is 17.3 Å². The number of urea groups is 1. The first-order valence-electron chi connectivity index (χ1n) is 7.25. The Morgan fingerprint density at radius 3 is 3.22 bits per heavy atom. The number of aromatic nitrogens is 3. The second kappa shape index (κ2) is 5.40. The van der Waals surface area contributed by atoms with Crippen molar-refractivity contribution in [1.82, 2.24) is 24.7 Å². The summed E-state index contributed by atoms with van der Waals surface area (Å²) in [7, 11) is 0. The Hall–Kier alpha value is -2.87. The highest BCUT2D eigenvalue weighted by Gasteiger charge is 2.41. The lowest BCUT2D eigenvalue weighted by Gasteiger charge is -2.21. The highest BCUT2D eigenvalue weighted by molar-refractivity contribution is 5.80. The first-order chi connectivity index (χ1) is 11.3. The van der Waals surface area contributed by atoms with Crippen molar-refractivity contribution in [1.29, 1.82) is 0 Å². The Morgan fingerprint density at radius 1 is 1.52 bits per heavy atom. The van der Waals surface area contributed by atoms with Gasteiger partial charge in [-0.15, -0.1) is 6.58 Å². The maximum atomic E-state index is 12.3. The lowest BCUT2D eigenvalue weighted by molar-refractivity contribution is -0.107. The molecular weight excluding hydrogens is 298 g/mol. The van der Waals surface area contributed by atoms with Gasteiger partial charge in [-0.05, 0) is 12.1 Å². The van der Waals surface area contributed by atoms with Gasteiger partial charge in [-0.3, -0.25) is 4.84 Å².